The van der Waals surface area contributed by atoms with Gasteiger partial charge in [0, 0.05) is 31.3 Å². The molecule has 1 fully saturated rings. The minimum atomic E-state index is -3.85. The van der Waals surface area contributed by atoms with Crippen molar-refractivity contribution >= 4 is 33.5 Å². The molecule has 11 heteroatoms. The van der Waals surface area contributed by atoms with E-state index in [1.165, 1.54) is 6.08 Å². The molecule has 0 aliphatic carbocycles. The fourth-order valence-corrected chi connectivity index (χ4v) is 4.05. The van der Waals surface area contributed by atoms with Crippen LogP contribution in [0.3, 0.4) is 0 Å². The van der Waals surface area contributed by atoms with E-state index in [-0.39, 0.29) is 12.1 Å². The van der Waals surface area contributed by atoms with Gasteiger partial charge in [-0.25, -0.2) is 26.6 Å². The first-order valence-electron chi connectivity index (χ1n) is 10.4. The molecule has 178 valence electrons. The van der Waals surface area contributed by atoms with E-state index in [1.807, 2.05) is 0 Å². The highest BCUT2D eigenvalue weighted by Gasteiger charge is 2.17. The summed E-state index contributed by atoms with van der Waals surface area (Å²) in [5.74, 6) is -2.07. The summed E-state index contributed by atoms with van der Waals surface area (Å²) >= 11 is 0. The average Bonchev–Trinajstić information content (AvgIpc) is 2.78. The molecule has 2 aromatic rings. The topological polar surface area (TPSA) is 91.4 Å². The highest BCUT2D eigenvalue weighted by molar-refractivity contribution is 7.92. The van der Waals surface area contributed by atoms with Gasteiger partial charge in [0.05, 0.1) is 11.9 Å². The normalized spacial score (nSPS) is 14.5. The van der Waals surface area contributed by atoms with Crippen LogP contribution in [0.25, 0.3) is 6.08 Å². The highest BCUT2D eigenvalue weighted by atomic mass is 32.2. The highest BCUT2D eigenvalue weighted by Crippen LogP contribution is 2.24. The van der Waals surface area contributed by atoms with E-state index >= 15 is 0 Å². The maximum absolute atomic E-state index is 14.1. The van der Waals surface area contributed by atoms with Gasteiger partial charge in [0.15, 0.2) is 11.6 Å². The van der Waals surface area contributed by atoms with Crippen LogP contribution >= 0.6 is 0 Å². The molecule has 1 aliphatic rings. The number of piperidine rings is 1. The van der Waals surface area contributed by atoms with E-state index in [2.05, 4.69) is 15.2 Å². The number of pyridine rings is 1. The summed E-state index contributed by atoms with van der Waals surface area (Å²) < 4.78 is 65.5. The van der Waals surface area contributed by atoms with Crippen molar-refractivity contribution in [2.75, 3.05) is 29.0 Å². The van der Waals surface area contributed by atoms with Crippen LogP contribution in [0.5, 0.6) is 0 Å². The van der Waals surface area contributed by atoms with Crippen LogP contribution < -0.4 is 14.9 Å². The molecular weight excluding hydrogens is 457 g/mol. The number of anilines is 2. The number of rotatable bonds is 8. The third-order valence-electron chi connectivity index (χ3n) is 5.03. The quantitative estimate of drug-likeness (QED) is 0.562. The number of halogens is 3. The molecule has 1 aromatic carbocycles. The Balaban J connectivity index is 1.68. The summed E-state index contributed by atoms with van der Waals surface area (Å²) in [5, 5.41) is 2.52. The van der Waals surface area contributed by atoms with E-state index in [1.54, 1.807) is 22.9 Å². The van der Waals surface area contributed by atoms with Crippen molar-refractivity contribution in [2.24, 2.45) is 0 Å². The molecule has 0 atom stereocenters. The summed E-state index contributed by atoms with van der Waals surface area (Å²) in [5.41, 5.74) is 0.322. The zero-order chi connectivity index (χ0) is 24.0. The minimum Gasteiger partial charge on any atom is -0.356 e. The SMILES string of the molecule is CS(=O)(=O)Nc1c(F)cc(CNC(=O)/C=C/c2ccc(CF)nc2N2CCCCC2)cc1F. The molecule has 1 aliphatic heterocycles. The molecule has 1 amide bonds. The Morgan fingerprint density at radius 3 is 2.42 bits per heavy atom. The molecule has 0 radical (unpaired) electrons. The van der Waals surface area contributed by atoms with Gasteiger partial charge in [0.2, 0.25) is 15.9 Å². The molecule has 1 aromatic heterocycles. The van der Waals surface area contributed by atoms with Gasteiger partial charge in [-0.05, 0) is 55.2 Å². The number of carbonyl (C=O) groups is 1. The molecule has 1 saturated heterocycles. The number of hydrogen-bond acceptors (Lipinski definition) is 5. The summed E-state index contributed by atoms with van der Waals surface area (Å²) in [6, 6.07) is 5.14. The molecular formula is C22H25F3N4O3S. The molecule has 0 bridgehead atoms. The predicted molar refractivity (Wildman–Crippen MR) is 121 cm³/mol. The number of hydrogen-bond donors (Lipinski definition) is 2. The number of aromatic nitrogens is 1. The van der Waals surface area contributed by atoms with Crippen LogP contribution in [0.1, 0.15) is 36.1 Å². The van der Waals surface area contributed by atoms with Gasteiger partial charge >= 0.3 is 0 Å². The summed E-state index contributed by atoms with van der Waals surface area (Å²) in [6.45, 7) is 0.749. The van der Waals surface area contributed by atoms with Gasteiger partial charge in [-0.2, -0.15) is 0 Å². The third-order valence-corrected chi connectivity index (χ3v) is 5.60. The van der Waals surface area contributed by atoms with Crippen molar-refractivity contribution in [2.45, 2.75) is 32.5 Å². The fourth-order valence-electron chi connectivity index (χ4n) is 3.49. The lowest BCUT2D eigenvalue weighted by molar-refractivity contribution is -0.116. The van der Waals surface area contributed by atoms with E-state index in [0.717, 1.165) is 50.7 Å². The monoisotopic (exact) mass is 482 g/mol. The smallest absolute Gasteiger partial charge is 0.244 e. The molecule has 0 unspecified atom stereocenters. The Bertz CT molecular complexity index is 1130. The Hall–Kier alpha value is -3.08. The van der Waals surface area contributed by atoms with Gasteiger partial charge < -0.3 is 10.2 Å². The number of benzene rings is 1. The van der Waals surface area contributed by atoms with Crippen molar-refractivity contribution in [3.63, 3.8) is 0 Å². The van der Waals surface area contributed by atoms with Gasteiger partial charge in [0.25, 0.3) is 0 Å². The van der Waals surface area contributed by atoms with E-state index in [0.29, 0.717) is 17.1 Å². The molecule has 7 nitrogen and oxygen atoms in total. The summed E-state index contributed by atoms with van der Waals surface area (Å²) in [7, 11) is -3.85. The minimum absolute atomic E-state index is 0.119. The first-order chi connectivity index (χ1) is 15.7. The van der Waals surface area contributed by atoms with Crippen molar-refractivity contribution in [1.82, 2.24) is 10.3 Å². The molecule has 2 N–H and O–H groups in total. The van der Waals surface area contributed by atoms with E-state index in [4.69, 9.17) is 0 Å². The molecule has 33 heavy (non-hydrogen) atoms. The second kappa shape index (κ2) is 10.7. The number of amides is 1. The second-order valence-corrected chi connectivity index (χ2v) is 9.51. The summed E-state index contributed by atoms with van der Waals surface area (Å²) in [6.07, 6.45) is 6.76. The largest absolute Gasteiger partial charge is 0.356 e. The Kier molecular flexibility index (Phi) is 7.96. The number of nitrogens with one attached hydrogen (secondary N) is 2. The van der Waals surface area contributed by atoms with Gasteiger partial charge in [-0.3, -0.25) is 9.52 Å². The number of carbonyl (C=O) groups excluding carboxylic acids is 1. The van der Waals surface area contributed by atoms with Crippen LogP contribution in [-0.2, 0) is 28.0 Å². The Labute approximate surface area is 190 Å². The van der Waals surface area contributed by atoms with Crippen LogP contribution in [0.4, 0.5) is 24.7 Å². The average molecular weight is 483 g/mol. The Morgan fingerprint density at radius 2 is 1.82 bits per heavy atom. The zero-order valence-corrected chi connectivity index (χ0v) is 18.9. The summed E-state index contributed by atoms with van der Waals surface area (Å²) in [4.78, 5) is 18.7. The van der Waals surface area contributed by atoms with Crippen molar-refractivity contribution < 1.29 is 26.4 Å². The van der Waals surface area contributed by atoms with Crippen molar-refractivity contribution in [1.29, 1.82) is 0 Å². The van der Waals surface area contributed by atoms with Crippen LogP contribution in [0.2, 0.25) is 0 Å². The fraction of sp³-hybridized carbons (Fsp3) is 0.364. The zero-order valence-electron chi connectivity index (χ0n) is 18.1. The molecule has 0 spiro atoms. The number of alkyl halides is 1. The first-order valence-corrected chi connectivity index (χ1v) is 12.3. The van der Waals surface area contributed by atoms with E-state index < -0.39 is 39.9 Å². The van der Waals surface area contributed by atoms with Crippen molar-refractivity contribution in [3.8, 4) is 0 Å². The van der Waals surface area contributed by atoms with Crippen LogP contribution in [-0.4, -0.2) is 38.7 Å². The van der Waals surface area contributed by atoms with E-state index in [9.17, 15) is 26.4 Å². The first kappa shape index (κ1) is 24.6. The third kappa shape index (κ3) is 6.95. The molecule has 3 rings (SSSR count). The molecule has 0 saturated carbocycles. The van der Waals surface area contributed by atoms with Crippen LogP contribution in [0, 0.1) is 11.6 Å². The Morgan fingerprint density at radius 1 is 1.15 bits per heavy atom. The lowest BCUT2D eigenvalue weighted by Crippen LogP contribution is -2.31. The second-order valence-electron chi connectivity index (χ2n) is 7.76. The molecule has 2 heterocycles. The van der Waals surface area contributed by atoms with Crippen molar-refractivity contribution in [3.05, 3.63) is 58.8 Å². The standard InChI is InChI=1S/C22H25F3N4O3S/c1-33(31,32)28-21-18(24)11-15(12-19(21)25)14-26-20(30)8-6-16-5-7-17(13-23)27-22(16)29-9-3-2-4-10-29/h5-8,11-12,28H,2-4,9-10,13-14H2,1H3,(H,26,30)/b8-6+. The maximum atomic E-state index is 14.1. The lowest BCUT2D eigenvalue weighted by atomic mass is 10.1. The van der Waals surface area contributed by atoms with Gasteiger partial charge in [0.1, 0.15) is 18.2 Å². The predicted octanol–water partition coefficient (Wildman–Crippen LogP) is 3.52. The maximum Gasteiger partial charge on any atom is 0.244 e. The van der Waals surface area contributed by atoms with Crippen LogP contribution in [0.15, 0.2) is 30.3 Å². The number of nitrogens with zero attached hydrogens (tertiary/aromatic N) is 2. The number of sulfonamides is 1. The lowest BCUT2D eigenvalue weighted by Gasteiger charge is -2.29. The van der Waals surface area contributed by atoms with Gasteiger partial charge in [-0.1, -0.05) is 0 Å². The van der Waals surface area contributed by atoms with Gasteiger partial charge in [-0.15, -0.1) is 0 Å².